The fraction of sp³-hybridized carbons (Fsp3) is 0.346. The van der Waals surface area contributed by atoms with Crippen molar-refractivity contribution in [3.8, 4) is 0 Å². The number of hydrogen-bond donors (Lipinski definition) is 1. The maximum absolute atomic E-state index is 13.1. The molecular weight excluding hydrogens is 462 g/mol. The second kappa shape index (κ2) is 9.65. The maximum atomic E-state index is 13.1. The van der Waals surface area contributed by atoms with Gasteiger partial charge in [-0.1, -0.05) is 32.9 Å². The molecule has 1 N–H and O–H groups in total. The molecule has 4 rings (SSSR count). The van der Waals surface area contributed by atoms with Crippen molar-refractivity contribution in [3.63, 3.8) is 0 Å². The molecule has 0 spiro atoms. The van der Waals surface area contributed by atoms with Gasteiger partial charge in [0.25, 0.3) is 15.9 Å². The van der Waals surface area contributed by atoms with Gasteiger partial charge in [-0.2, -0.15) is 0 Å². The zero-order chi connectivity index (χ0) is 25.2. The Hall–Kier alpha value is -3.46. The number of rotatable bonds is 5. The molecule has 1 aliphatic heterocycles. The van der Waals surface area contributed by atoms with Crippen molar-refractivity contribution in [3.05, 3.63) is 77.6 Å². The fourth-order valence-corrected chi connectivity index (χ4v) is 5.32. The number of carbonyl (C=O) groups excluding carboxylic acids is 1. The summed E-state index contributed by atoms with van der Waals surface area (Å²) >= 11 is 0. The van der Waals surface area contributed by atoms with E-state index in [2.05, 4.69) is 19.6 Å². The maximum Gasteiger partial charge on any atom is 0.262 e. The summed E-state index contributed by atoms with van der Waals surface area (Å²) in [7, 11) is -3.78. The zero-order valence-electron chi connectivity index (χ0n) is 20.5. The minimum absolute atomic E-state index is 0.0817. The van der Waals surface area contributed by atoms with Crippen LogP contribution in [0.15, 0.2) is 65.8 Å². The number of aryl methyl sites for hydroxylation is 1. The van der Waals surface area contributed by atoms with Gasteiger partial charge < -0.3 is 9.80 Å². The van der Waals surface area contributed by atoms with Gasteiger partial charge in [-0.3, -0.25) is 9.52 Å². The third kappa shape index (κ3) is 5.62. The minimum atomic E-state index is -3.78. The molecule has 1 saturated heterocycles. The molecule has 0 aliphatic carbocycles. The van der Waals surface area contributed by atoms with E-state index < -0.39 is 10.0 Å². The van der Waals surface area contributed by atoms with E-state index in [-0.39, 0.29) is 16.2 Å². The van der Waals surface area contributed by atoms with E-state index >= 15 is 0 Å². The lowest BCUT2D eigenvalue weighted by Crippen LogP contribution is -2.49. The van der Waals surface area contributed by atoms with E-state index in [1.165, 1.54) is 0 Å². The lowest BCUT2D eigenvalue weighted by atomic mass is 9.87. The molecule has 35 heavy (non-hydrogen) atoms. The highest BCUT2D eigenvalue weighted by Gasteiger charge is 2.24. The molecule has 1 aromatic heterocycles. The Morgan fingerprint density at radius 1 is 0.943 bits per heavy atom. The van der Waals surface area contributed by atoms with Crippen molar-refractivity contribution in [2.45, 2.75) is 38.0 Å². The van der Waals surface area contributed by atoms with Crippen LogP contribution in [0.2, 0.25) is 0 Å². The summed E-state index contributed by atoms with van der Waals surface area (Å²) < 4.78 is 28.9. The quantitative estimate of drug-likeness (QED) is 0.580. The van der Waals surface area contributed by atoms with Crippen molar-refractivity contribution in [2.24, 2.45) is 0 Å². The molecule has 2 heterocycles. The molecule has 8 nitrogen and oxygen atoms in total. The number of piperazine rings is 1. The summed E-state index contributed by atoms with van der Waals surface area (Å²) in [5.41, 5.74) is 2.39. The first-order valence-corrected chi connectivity index (χ1v) is 13.1. The number of sulfonamides is 1. The SMILES string of the molecule is Cc1ccc(C(C)(C)C)cc1S(=O)(=O)Nc1ccc(C(=O)N2CCN(c3ncccn3)CC2)cc1. The molecule has 9 heteroatoms. The van der Waals surface area contributed by atoms with E-state index in [0.717, 1.165) is 5.56 Å². The van der Waals surface area contributed by atoms with Gasteiger partial charge in [0.15, 0.2) is 0 Å². The third-order valence-electron chi connectivity index (χ3n) is 6.13. The molecule has 3 aromatic rings. The Balaban J connectivity index is 1.42. The van der Waals surface area contributed by atoms with Crippen molar-refractivity contribution >= 4 is 27.6 Å². The van der Waals surface area contributed by atoms with Crippen molar-refractivity contribution in [1.82, 2.24) is 14.9 Å². The monoisotopic (exact) mass is 493 g/mol. The molecule has 0 bridgehead atoms. The van der Waals surface area contributed by atoms with Gasteiger partial charge in [0.05, 0.1) is 4.90 Å². The van der Waals surface area contributed by atoms with Crippen LogP contribution in [0.25, 0.3) is 0 Å². The van der Waals surface area contributed by atoms with E-state index in [0.29, 0.717) is 48.9 Å². The number of nitrogens with zero attached hydrogens (tertiary/aromatic N) is 4. The highest BCUT2D eigenvalue weighted by molar-refractivity contribution is 7.92. The Morgan fingerprint density at radius 2 is 1.57 bits per heavy atom. The number of aromatic nitrogens is 2. The molecule has 0 unspecified atom stereocenters. The normalized spacial score (nSPS) is 14.6. The second-order valence-corrected chi connectivity index (χ2v) is 11.4. The van der Waals surface area contributed by atoms with Gasteiger partial charge in [0.1, 0.15) is 0 Å². The molecule has 2 aromatic carbocycles. The summed E-state index contributed by atoms with van der Waals surface area (Å²) in [6.07, 6.45) is 3.41. The molecule has 184 valence electrons. The predicted octanol–water partition coefficient (Wildman–Crippen LogP) is 3.85. The average molecular weight is 494 g/mol. The van der Waals surface area contributed by atoms with Crippen molar-refractivity contribution < 1.29 is 13.2 Å². The van der Waals surface area contributed by atoms with E-state index in [1.807, 2.05) is 32.9 Å². The summed E-state index contributed by atoms with van der Waals surface area (Å²) in [5.74, 6) is 0.585. The van der Waals surface area contributed by atoms with Gasteiger partial charge in [-0.05, 0) is 59.9 Å². The Kier molecular flexibility index (Phi) is 6.80. The number of amides is 1. The second-order valence-electron chi connectivity index (χ2n) is 9.74. The van der Waals surface area contributed by atoms with E-state index in [9.17, 15) is 13.2 Å². The third-order valence-corrected chi connectivity index (χ3v) is 7.65. The number of nitrogens with one attached hydrogen (secondary N) is 1. The summed E-state index contributed by atoms with van der Waals surface area (Å²) in [6, 6.07) is 13.9. The molecular formula is C26H31N5O3S. The highest BCUT2D eigenvalue weighted by atomic mass is 32.2. The van der Waals surface area contributed by atoms with E-state index in [4.69, 9.17) is 0 Å². The fourth-order valence-electron chi connectivity index (χ4n) is 3.99. The van der Waals surface area contributed by atoms with Crippen molar-refractivity contribution in [1.29, 1.82) is 0 Å². The Morgan fingerprint density at radius 3 is 2.17 bits per heavy atom. The summed E-state index contributed by atoms with van der Waals surface area (Å²) in [4.78, 5) is 25.6. The first-order valence-electron chi connectivity index (χ1n) is 11.6. The van der Waals surface area contributed by atoms with Crippen LogP contribution in [0, 0.1) is 6.92 Å². The van der Waals surface area contributed by atoms with Crippen LogP contribution in [0.1, 0.15) is 42.3 Å². The first-order chi connectivity index (χ1) is 16.5. The van der Waals surface area contributed by atoms with Gasteiger partial charge in [0.2, 0.25) is 5.95 Å². The van der Waals surface area contributed by atoms with Crippen LogP contribution >= 0.6 is 0 Å². The number of benzene rings is 2. The molecule has 0 radical (unpaired) electrons. The summed E-state index contributed by atoms with van der Waals surface area (Å²) in [6.45, 7) is 10.4. The van der Waals surface area contributed by atoms with Crippen LogP contribution in [0.5, 0.6) is 0 Å². The van der Waals surface area contributed by atoms with Crippen molar-refractivity contribution in [2.75, 3.05) is 35.8 Å². The van der Waals surface area contributed by atoms with Gasteiger partial charge in [0, 0.05) is 49.8 Å². The molecule has 1 aliphatic rings. The molecule has 1 amide bonds. The smallest absolute Gasteiger partial charge is 0.262 e. The molecule has 0 atom stereocenters. The van der Waals surface area contributed by atoms with Crippen LogP contribution < -0.4 is 9.62 Å². The average Bonchev–Trinajstić information content (AvgIpc) is 2.84. The summed E-state index contributed by atoms with van der Waals surface area (Å²) in [5, 5.41) is 0. The van der Waals surface area contributed by atoms with Crippen LogP contribution in [0.4, 0.5) is 11.6 Å². The largest absolute Gasteiger partial charge is 0.337 e. The standard InChI is InChI=1S/C26H31N5O3S/c1-19-6-9-21(26(2,3)4)18-23(19)35(33,34)29-22-10-7-20(8-11-22)24(32)30-14-16-31(17-15-30)25-27-12-5-13-28-25/h5-13,18,29H,14-17H2,1-4H3. The molecule has 1 fully saturated rings. The van der Waals surface area contributed by atoms with Gasteiger partial charge >= 0.3 is 0 Å². The zero-order valence-corrected chi connectivity index (χ0v) is 21.3. The van der Waals surface area contributed by atoms with Gasteiger partial charge in [-0.15, -0.1) is 0 Å². The number of anilines is 2. The minimum Gasteiger partial charge on any atom is -0.337 e. The van der Waals surface area contributed by atoms with Crippen LogP contribution in [-0.2, 0) is 15.4 Å². The Bertz CT molecular complexity index is 1300. The molecule has 0 saturated carbocycles. The van der Waals surface area contributed by atoms with Crippen LogP contribution in [-0.4, -0.2) is 55.4 Å². The van der Waals surface area contributed by atoms with E-state index in [1.54, 1.807) is 60.6 Å². The number of hydrogen-bond acceptors (Lipinski definition) is 6. The Labute approximate surface area is 207 Å². The topological polar surface area (TPSA) is 95.5 Å². The van der Waals surface area contributed by atoms with Gasteiger partial charge in [-0.25, -0.2) is 18.4 Å². The highest BCUT2D eigenvalue weighted by Crippen LogP contribution is 2.28. The van der Waals surface area contributed by atoms with Crippen LogP contribution in [0.3, 0.4) is 0 Å². The number of carbonyl (C=O) groups is 1. The lowest BCUT2D eigenvalue weighted by Gasteiger charge is -2.34. The predicted molar refractivity (Wildman–Crippen MR) is 137 cm³/mol. The first kappa shape index (κ1) is 24.7. The lowest BCUT2D eigenvalue weighted by molar-refractivity contribution is 0.0746.